The van der Waals surface area contributed by atoms with Crippen LogP contribution >= 0.6 is 0 Å². The molecule has 0 radical (unpaired) electrons. The summed E-state index contributed by atoms with van der Waals surface area (Å²) in [5, 5.41) is 11.0. The molecule has 0 aromatic heterocycles. The van der Waals surface area contributed by atoms with Crippen molar-refractivity contribution in [2.24, 2.45) is 0 Å². The maximum atomic E-state index is 11.0. The summed E-state index contributed by atoms with van der Waals surface area (Å²) in [6.45, 7) is 3.64. The maximum absolute atomic E-state index is 11.0. The van der Waals surface area contributed by atoms with E-state index in [-0.39, 0.29) is 12.2 Å². The third-order valence-electron chi connectivity index (χ3n) is 2.66. The fourth-order valence-corrected chi connectivity index (χ4v) is 2.10. The molecule has 0 aromatic rings. The van der Waals surface area contributed by atoms with E-state index >= 15 is 0 Å². The Morgan fingerprint density at radius 3 is 2.62 bits per heavy atom. The molecule has 6 heteroatoms. The smallest absolute Gasteiger partial charge is 0.190 e. The van der Waals surface area contributed by atoms with Crippen molar-refractivity contribution in [1.29, 1.82) is 0 Å². The van der Waals surface area contributed by atoms with Crippen LogP contribution in [0.15, 0.2) is 0 Å². The summed E-state index contributed by atoms with van der Waals surface area (Å²) in [7, 11) is 2.96. The highest BCUT2D eigenvalue weighted by molar-refractivity contribution is 5.59. The molecule has 2 aliphatic rings. The molecule has 0 N–H and O–H groups in total. The summed E-state index contributed by atoms with van der Waals surface area (Å²) in [6.07, 6.45) is -0.101. The molecule has 0 unspecified atom stereocenters. The molecule has 4 atom stereocenters. The van der Waals surface area contributed by atoms with Crippen molar-refractivity contribution in [3.8, 4) is 0 Å². The average molecular weight is 231 g/mol. The van der Waals surface area contributed by atoms with Gasteiger partial charge in [0.25, 0.3) is 0 Å². The van der Waals surface area contributed by atoms with Crippen molar-refractivity contribution in [2.45, 2.75) is 44.2 Å². The van der Waals surface area contributed by atoms with E-state index in [1.54, 1.807) is 7.11 Å². The lowest BCUT2D eigenvalue weighted by Gasteiger charge is -2.22. The zero-order valence-electron chi connectivity index (χ0n) is 9.88. The van der Waals surface area contributed by atoms with Gasteiger partial charge in [-0.2, -0.15) is 0 Å². The quantitative estimate of drug-likeness (QED) is 0.292. The predicted molar refractivity (Wildman–Crippen MR) is 55.1 cm³/mol. The van der Waals surface area contributed by atoms with E-state index in [9.17, 15) is 5.21 Å². The van der Waals surface area contributed by atoms with Gasteiger partial charge in [0.2, 0.25) is 0 Å². The number of methoxy groups -OCH3 is 1. The van der Waals surface area contributed by atoms with Crippen molar-refractivity contribution >= 4 is 6.21 Å². The van der Waals surface area contributed by atoms with Crippen LogP contribution in [0.1, 0.15) is 13.8 Å². The molecule has 0 aliphatic carbocycles. The van der Waals surface area contributed by atoms with Gasteiger partial charge in [-0.05, 0) is 13.8 Å². The highest BCUT2D eigenvalue weighted by Gasteiger charge is 2.55. The van der Waals surface area contributed by atoms with E-state index in [1.165, 1.54) is 13.3 Å². The van der Waals surface area contributed by atoms with Crippen LogP contribution in [0.2, 0.25) is 0 Å². The third-order valence-corrected chi connectivity index (χ3v) is 2.66. The van der Waals surface area contributed by atoms with Gasteiger partial charge in [0.15, 0.2) is 24.4 Å². The van der Waals surface area contributed by atoms with Crippen LogP contribution in [0.5, 0.6) is 0 Å². The van der Waals surface area contributed by atoms with E-state index in [2.05, 4.69) is 0 Å². The Labute approximate surface area is 94.3 Å². The zero-order chi connectivity index (χ0) is 11.9. The SMILES string of the molecule is CO[C@H]1[C@@H]2OC(C)(C)O[C@H]2O[C@H]1/C=[N+](/C)[O-]. The average Bonchev–Trinajstić information content (AvgIpc) is 2.54. The van der Waals surface area contributed by atoms with Crippen LogP contribution in [-0.4, -0.2) is 55.5 Å². The summed E-state index contributed by atoms with van der Waals surface area (Å²) in [4.78, 5) is 0. The van der Waals surface area contributed by atoms with Gasteiger partial charge in [-0.1, -0.05) is 0 Å². The summed E-state index contributed by atoms with van der Waals surface area (Å²) in [6, 6.07) is 0. The molecule has 2 saturated heterocycles. The Hall–Kier alpha value is -0.690. The number of rotatable bonds is 2. The molecule has 92 valence electrons. The summed E-state index contributed by atoms with van der Waals surface area (Å²) in [5.41, 5.74) is 0. The minimum absolute atomic E-state index is 0.291. The topological polar surface area (TPSA) is 63.0 Å². The fraction of sp³-hybridized carbons (Fsp3) is 0.900. The number of hydrogen-bond acceptors (Lipinski definition) is 5. The minimum Gasteiger partial charge on any atom is -0.624 e. The molecule has 16 heavy (non-hydrogen) atoms. The fourth-order valence-electron chi connectivity index (χ4n) is 2.10. The van der Waals surface area contributed by atoms with E-state index in [4.69, 9.17) is 18.9 Å². The molecule has 6 nitrogen and oxygen atoms in total. The van der Waals surface area contributed by atoms with Gasteiger partial charge in [-0.15, -0.1) is 0 Å². The van der Waals surface area contributed by atoms with E-state index < -0.39 is 18.2 Å². The van der Waals surface area contributed by atoms with Gasteiger partial charge in [0.05, 0.1) is 0 Å². The Bertz CT molecular complexity index is 300. The summed E-state index contributed by atoms with van der Waals surface area (Å²) < 4.78 is 22.8. The second-order valence-electron chi connectivity index (χ2n) is 4.46. The van der Waals surface area contributed by atoms with E-state index in [1.807, 2.05) is 13.8 Å². The molecule has 0 spiro atoms. The second-order valence-corrected chi connectivity index (χ2v) is 4.46. The standard InChI is InChI=1S/C10H17NO5/c1-10(2)15-8-7(13-4)6(5-11(3)12)14-9(8)16-10/h5-9H,1-4H3/b11-5-/t6-,7+,8-,9+/m0/s1. The first kappa shape index (κ1) is 11.8. The predicted octanol–water partition coefficient (Wildman–Crippen LogP) is 0.0887. The lowest BCUT2D eigenvalue weighted by molar-refractivity contribution is -0.421. The Morgan fingerprint density at radius 1 is 1.38 bits per heavy atom. The van der Waals surface area contributed by atoms with Crippen LogP contribution in [0.25, 0.3) is 0 Å². The van der Waals surface area contributed by atoms with Gasteiger partial charge < -0.3 is 24.2 Å². The molecular weight excluding hydrogens is 214 g/mol. The van der Waals surface area contributed by atoms with Crippen LogP contribution in [-0.2, 0) is 18.9 Å². The van der Waals surface area contributed by atoms with E-state index in [0.717, 1.165) is 0 Å². The molecular formula is C10H17NO5. The molecule has 2 heterocycles. The van der Waals surface area contributed by atoms with Crippen LogP contribution < -0.4 is 0 Å². The van der Waals surface area contributed by atoms with Crippen LogP contribution in [0.4, 0.5) is 0 Å². The number of nitrogens with zero attached hydrogens (tertiary/aromatic N) is 1. The van der Waals surface area contributed by atoms with Crippen molar-refractivity contribution < 1.29 is 23.7 Å². The van der Waals surface area contributed by atoms with Crippen LogP contribution in [0.3, 0.4) is 0 Å². The highest BCUT2D eigenvalue weighted by Crippen LogP contribution is 2.37. The van der Waals surface area contributed by atoms with Crippen LogP contribution in [0, 0.1) is 5.21 Å². The molecule has 0 amide bonds. The molecule has 2 aliphatic heterocycles. The van der Waals surface area contributed by atoms with Crippen molar-refractivity contribution in [3.05, 3.63) is 5.21 Å². The van der Waals surface area contributed by atoms with Crippen molar-refractivity contribution in [3.63, 3.8) is 0 Å². The number of ether oxygens (including phenoxy) is 4. The van der Waals surface area contributed by atoms with Gasteiger partial charge in [0, 0.05) is 7.11 Å². The van der Waals surface area contributed by atoms with Crippen molar-refractivity contribution in [2.75, 3.05) is 14.2 Å². The second kappa shape index (κ2) is 3.96. The Morgan fingerprint density at radius 2 is 2.06 bits per heavy atom. The highest BCUT2D eigenvalue weighted by atomic mass is 16.8. The summed E-state index contributed by atoms with van der Waals surface area (Å²) >= 11 is 0. The van der Waals surface area contributed by atoms with Gasteiger partial charge in [0.1, 0.15) is 19.3 Å². The minimum atomic E-state index is -0.666. The number of hydroxylamine groups is 1. The molecule has 0 bridgehead atoms. The number of hydrogen-bond donors (Lipinski definition) is 0. The van der Waals surface area contributed by atoms with Gasteiger partial charge >= 0.3 is 0 Å². The Balaban J connectivity index is 2.13. The van der Waals surface area contributed by atoms with Gasteiger partial charge in [-0.25, -0.2) is 4.74 Å². The molecule has 0 saturated carbocycles. The zero-order valence-corrected chi connectivity index (χ0v) is 9.88. The maximum Gasteiger partial charge on any atom is 0.190 e. The normalized spacial score (nSPS) is 42.4. The van der Waals surface area contributed by atoms with Crippen molar-refractivity contribution in [1.82, 2.24) is 0 Å². The first-order valence-electron chi connectivity index (χ1n) is 5.22. The molecule has 2 fully saturated rings. The largest absolute Gasteiger partial charge is 0.624 e. The first-order chi connectivity index (χ1) is 7.43. The third kappa shape index (κ3) is 2.06. The molecule has 0 aromatic carbocycles. The molecule has 2 rings (SSSR count). The van der Waals surface area contributed by atoms with Gasteiger partial charge in [-0.3, -0.25) is 0 Å². The number of fused-ring (bicyclic) bond motifs is 1. The first-order valence-corrected chi connectivity index (χ1v) is 5.22. The lowest BCUT2D eigenvalue weighted by Crippen LogP contribution is -2.37. The lowest BCUT2D eigenvalue weighted by atomic mass is 10.1. The summed E-state index contributed by atoms with van der Waals surface area (Å²) in [5.74, 6) is -0.666. The van der Waals surface area contributed by atoms with E-state index in [0.29, 0.717) is 4.74 Å². The monoisotopic (exact) mass is 231 g/mol. The Kier molecular flexibility index (Phi) is 2.91.